The molecule has 0 aliphatic carbocycles. The average Bonchev–Trinajstić information content (AvgIpc) is 3.17. The molecule has 0 aliphatic rings. The van der Waals surface area contributed by atoms with Gasteiger partial charge < -0.3 is 15.2 Å². The topological polar surface area (TPSA) is 112 Å². The molecule has 1 aromatic heterocycles. The summed E-state index contributed by atoms with van der Waals surface area (Å²) in [7, 11) is 1.58. The van der Waals surface area contributed by atoms with Gasteiger partial charge in [0.25, 0.3) is 5.91 Å². The molecular formula is C20H21N5O3S2. The minimum Gasteiger partial charge on any atom is -0.493 e. The molecule has 0 spiro atoms. The summed E-state index contributed by atoms with van der Waals surface area (Å²) in [6, 6.07) is 13.5. The number of nitrogens with zero attached hydrogens (tertiary/aromatic N) is 3. The summed E-state index contributed by atoms with van der Waals surface area (Å²) in [4.78, 5) is 11.9. The van der Waals surface area contributed by atoms with Crippen LogP contribution in [0.15, 0.2) is 51.9 Å². The Balaban J connectivity index is 1.53. The Bertz CT molecular complexity index is 1040. The molecule has 10 heteroatoms. The number of nitrogen functional groups attached to an aromatic ring is 1. The Hall–Kier alpha value is -3.11. The maximum atomic E-state index is 11.9. The van der Waals surface area contributed by atoms with Crippen molar-refractivity contribution in [3.8, 4) is 11.5 Å². The Morgan fingerprint density at radius 3 is 2.83 bits per heavy atom. The Morgan fingerprint density at radius 2 is 2.10 bits per heavy atom. The lowest BCUT2D eigenvalue weighted by Gasteiger charge is -2.12. The van der Waals surface area contributed by atoms with Gasteiger partial charge >= 0.3 is 0 Å². The van der Waals surface area contributed by atoms with Gasteiger partial charge in [0.1, 0.15) is 6.61 Å². The van der Waals surface area contributed by atoms with E-state index >= 15 is 0 Å². The van der Waals surface area contributed by atoms with Crippen LogP contribution in [0, 0.1) is 6.92 Å². The van der Waals surface area contributed by atoms with Crippen LogP contribution in [-0.4, -0.2) is 35.2 Å². The molecule has 8 nitrogen and oxygen atoms in total. The Kier molecular flexibility index (Phi) is 7.63. The van der Waals surface area contributed by atoms with E-state index in [1.165, 1.54) is 28.7 Å². The zero-order valence-corrected chi connectivity index (χ0v) is 18.1. The summed E-state index contributed by atoms with van der Waals surface area (Å²) in [5.41, 5.74) is 11.0. The first-order valence-corrected chi connectivity index (χ1v) is 10.7. The molecule has 30 heavy (non-hydrogen) atoms. The van der Waals surface area contributed by atoms with Crippen LogP contribution >= 0.6 is 23.1 Å². The molecule has 0 radical (unpaired) electrons. The Morgan fingerprint density at radius 1 is 1.27 bits per heavy atom. The lowest BCUT2D eigenvalue weighted by Crippen LogP contribution is -2.19. The summed E-state index contributed by atoms with van der Waals surface area (Å²) in [6.45, 7) is 2.50. The van der Waals surface area contributed by atoms with Crippen molar-refractivity contribution in [1.82, 2.24) is 15.6 Å². The number of thioether (sulfide) groups is 1. The number of nitrogens with two attached hydrogens (primary N) is 1. The molecule has 1 amide bonds. The van der Waals surface area contributed by atoms with Gasteiger partial charge in [-0.2, -0.15) is 5.10 Å². The second-order valence-corrected chi connectivity index (χ2v) is 8.35. The van der Waals surface area contributed by atoms with E-state index < -0.39 is 0 Å². The zero-order valence-electron chi connectivity index (χ0n) is 16.5. The highest BCUT2D eigenvalue weighted by Gasteiger charge is 2.08. The zero-order chi connectivity index (χ0) is 21.3. The second kappa shape index (κ2) is 10.6. The largest absolute Gasteiger partial charge is 0.493 e. The van der Waals surface area contributed by atoms with Crippen molar-refractivity contribution < 1.29 is 14.3 Å². The van der Waals surface area contributed by atoms with E-state index in [0.29, 0.717) is 27.6 Å². The van der Waals surface area contributed by atoms with E-state index in [2.05, 4.69) is 20.7 Å². The lowest BCUT2D eigenvalue weighted by molar-refractivity contribution is -0.118. The van der Waals surface area contributed by atoms with Crippen molar-refractivity contribution in [2.45, 2.75) is 17.9 Å². The molecular weight excluding hydrogens is 422 g/mol. The van der Waals surface area contributed by atoms with Gasteiger partial charge in [-0.25, -0.2) is 5.43 Å². The number of ether oxygens (including phenoxy) is 2. The minimum absolute atomic E-state index is 0.168. The molecule has 0 fully saturated rings. The van der Waals surface area contributed by atoms with E-state index in [0.717, 1.165) is 11.1 Å². The number of aryl methyl sites for hydroxylation is 1. The van der Waals surface area contributed by atoms with Crippen LogP contribution < -0.4 is 20.6 Å². The summed E-state index contributed by atoms with van der Waals surface area (Å²) in [5, 5.41) is 11.9. The average molecular weight is 444 g/mol. The van der Waals surface area contributed by atoms with Gasteiger partial charge in [0.15, 0.2) is 15.8 Å². The van der Waals surface area contributed by atoms with Crippen LogP contribution in [0.4, 0.5) is 5.13 Å². The van der Waals surface area contributed by atoms with Gasteiger partial charge in [0.05, 0.1) is 19.1 Å². The molecule has 3 N–H and O–H groups in total. The van der Waals surface area contributed by atoms with Gasteiger partial charge in [-0.15, -0.1) is 10.2 Å². The first-order valence-electron chi connectivity index (χ1n) is 8.94. The standard InChI is InChI=1S/C20H21N5O3S2/c1-13-5-3-4-6-15(13)11-28-16-8-7-14(9-17(16)27-2)10-22-23-18(26)12-29-20-25-24-19(21)30-20/h3-10H,11-12H2,1-2H3,(H2,21,24)(H,23,26). The quantitative estimate of drug-likeness (QED) is 0.297. The summed E-state index contributed by atoms with van der Waals surface area (Å²) >= 11 is 2.48. The highest BCUT2D eigenvalue weighted by atomic mass is 32.2. The van der Waals surface area contributed by atoms with Crippen LogP contribution in [0.2, 0.25) is 0 Å². The SMILES string of the molecule is COc1cc(C=NNC(=O)CSc2nnc(N)s2)ccc1OCc1ccccc1C. The Labute approximate surface area is 182 Å². The predicted octanol–water partition coefficient (Wildman–Crippen LogP) is 3.26. The predicted molar refractivity (Wildman–Crippen MR) is 119 cm³/mol. The van der Waals surface area contributed by atoms with E-state index in [-0.39, 0.29) is 11.7 Å². The van der Waals surface area contributed by atoms with Gasteiger partial charge in [0, 0.05) is 0 Å². The lowest BCUT2D eigenvalue weighted by atomic mass is 10.1. The first-order chi connectivity index (χ1) is 14.5. The van der Waals surface area contributed by atoms with Crippen molar-refractivity contribution in [1.29, 1.82) is 0 Å². The number of methoxy groups -OCH3 is 1. The van der Waals surface area contributed by atoms with Crippen LogP contribution in [-0.2, 0) is 11.4 Å². The third-order valence-corrected chi connectivity index (χ3v) is 5.87. The van der Waals surface area contributed by atoms with Crippen molar-refractivity contribution in [2.75, 3.05) is 18.6 Å². The monoisotopic (exact) mass is 443 g/mol. The van der Waals surface area contributed by atoms with Crippen LogP contribution in [0.3, 0.4) is 0 Å². The maximum absolute atomic E-state index is 11.9. The number of hydrazone groups is 1. The first kappa shape index (κ1) is 21.6. The van der Waals surface area contributed by atoms with Crippen LogP contribution in [0.25, 0.3) is 0 Å². The second-order valence-electron chi connectivity index (χ2n) is 6.11. The molecule has 0 saturated carbocycles. The van der Waals surface area contributed by atoms with Gasteiger partial charge in [-0.1, -0.05) is 47.4 Å². The fourth-order valence-corrected chi connectivity index (χ4v) is 3.86. The highest BCUT2D eigenvalue weighted by Crippen LogP contribution is 2.28. The molecule has 2 aromatic carbocycles. The molecule has 156 valence electrons. The van der Waals surface area contributed by atoms with E-state index in [9.17, 15) is 4.79 Å². The number of rotatable bonds is 9. The molecule has 3 aromatic rings. The van der Waals surface area contributed by atoms with Crippen LogP contribution in [0.1, 0.15) is 16.7 Å². The molecule has 0 bridgehead atoms. The summed E-state index contributed by atoms with van der Waals surface area (Å²) in [6.07, 6.45) is 1.54. The molecule has 0 saturated heterocycles. The molecule has 1 heterocycles. The number of benzene rings is 2. The number of amides is 1. The number of carbonyl (C=O) groups is 1. The van der Waals surface area contributed by atoms with Gasteiger partial charge in [-0.05, 0) is 41.8 Å². The third kappa shape index (κ3) is 6.19. The van der Waals surface area contributed by atoms with E-state index in [1.54, 1.807) is 19.4 Å². The highest BCUT2D eigenvalue weighted by molar-refractivity contribution is 8.01. The van der Waals surface area contributed by atoms with E-state index in [4.69, 9.17) is 15.2 Å². The van der Waals surface area contributed by atoms with Crippen molar-refractivity contribution >= 4 is 40.4 Å². The smallest absolute Gasteiger partial charge is 0.250 e. The fraction of sp³-hybridized carbons (Fsp3) is 0.200. The minimum atomic E-state index is -0.254. The number of nitrogens with one attached hydrogen (secondary N) is 1. The third-order valence-electron chi connectivity index (χ3n) is 3.98. The summed E-state index contributed by atoms with van der Waals surface area (Å²) in [5.74, 6) is 1.13. The molecule has 3 rings (SSSR count). The van der Waals surface area contributed by atoms with Crippen molar-refractivity contribution in [3.63, 3.8) is 0 Å². The molecule has 0 atom stereocenters. The van der Waals surface area contributed by atoms with E-state index in [1.807, 2.05) is 43.3 Å². The number of hydrogen-bond acceptors (Lipinski definition) is 9. The maximum Gasteiger partial charge on any atom is 0.250 e. The molecule has 0 unspecified atom stereocenters. The number of hydrogen-bond donors (Lipinski definition) is 2. The number of aromatic nitrogens is 2. The van der Waals surface area contributed by atoms with Crippen LogP contribution in [0.5, 0.6) is 11.5 Å². The summed E-state index contributed by atoms with van der Waals surface area (Å²) < 4.78 is 12.0. The van der Waals surface area contributed by atoms with Gasteiger partial charge in [0.2, 0.25) is 5.13 Å². The number of carbonyl (C=O) groups excluding carboxylic acids is 1. The fourth-order valence-electron chi connectivity index (χ4n) is 2.43. The molecule has 0 aliphatic heterocycles. The van der Waals surface area contributed by atoms with Crippen molar-refractivity contribution in [3.05, 3.63) is 59.2 Å². The van der Waals surface area contributed by atoms with Crippen molar-refractivity contribution in [2.24, 2.45) is 5.10 Å². The normalized spacial score (nSPS) is 10.9. The van der Waals surface area contributed by atoms with Gasteiger partial charge in [-0.3, -0.25) is 4.79 Å². The number of anilines is 1.